The molecule has 0 amide bonds. The first-order valence-corrected chi connectivity index (χ1v) is 6.03. The molecular weight excluding hydrogens is 268 g/mol. The molecule has 1 aromatic carbocycles. The largest absolute Gasteiger partial charge is 0.469 e. The van der Waals surface area contributed by atoms with Gasteiger partial charge >= 0.3 is 0 Å². The van der Waals surface area contributed by atoms with Gasteiger partial charge in [-0.15, -0.1) is 0 Å². The van der Waals surface area contributed by atoms with Crippen molar-refractivity contribution < 1.29 is 4.74 Å². The Bertz CT molecular complexity index is 323. The van der Waals surface area contributed by atoms with Crippen LogP contribution in [0.1, 0.15) is 11.7 Å². The highest BCUT2D eigenvalue weighted by molar-refractivity contribution is 9.10. The Labute approximate surface area is 95.0 Å². The quantitative estimate of drug-likeness (QED) is 0.725. The molecule has 0 aliphatic carbocycles. The fourth-order valence-corrected chi connectivity index (χ4v) is 2.49. The van der Waals surface area contributed by atoms with E-state index >= 15 is 0 Å². The Kier molecular flexibility index (Phi) is 2.91. The highest BCUT2D eigenvalue weighted by Crippen LogP contribution is 2.32. The zero-order valence-electron chi connectivity index (χ0n) is 6.70. The molecule has 1 atom stereocenters. The van der Waals surface area contributed by atoms with Crippen LogP contribution >= 0.6 is 39.9 Å². The minimum atomic E-state index is 0.144. The van der Waals surface area contributed by atoms with E-state index in [-0.39, 0.29) is 6.10 Å². The van der Waals surface area contributed by atoms with Crippen LogP contribution in [0.15, 0.2) is 28.7 Å². The molecule has 1 nitrogen and oxygen atoms in total. The van der Waals surface area contributed by atoms with Crippen molar-refractivity contribution in [2.24, 2.45) is 0 Å². The number of halogens is 1. The van der Waals surface area contributed by atoms with Crippen molar-refractivity contribution in [1.82, 2.24) is 0 Å². The van der Waals surface area contributed by atoms with Crippen molar-refractivity contribution >= 4 is 44.3 Å². The molecule has 1 aliphatic rings. The first kappa shape index (κ1) is 9.49. The van der Waals surface area contributed by atoms with Crippen LogP contribution in [0.4, 0.5) is 0 Å². The lowest BCUT2D eigenvalue weighted by Gasteiger charge is -2.08. The summed E-state index contributed by atoms with van der Waals surface area (Å²) in [7, 11) is 0. The number of rotatable bonds is 1. The molecule has 0 bridgehead atoms. The van der Waals surface area contributed by atoms with Crippen molar-refractivity contribution in [3.8, 4) is 0 Å². The number of benzene rings is 1. The van der Waals surface area contributed by atoms with E-state index in [0.29, 0.717) is 4.38 Å². The predicted octanol–water partition coefficient (Wildman–Crippen LogP) is 3.54. The second-order valence-corrected chi connectivity index (χ2v) is 5.26. The highest BCUT2D eigenvalue weighted by Gasteiger charge is 2.22. The van der Waals surface area contributed by atoms with Gasteiger partial charge in [-0.3, -0.25) is 0 Å². The maximum atomic E-state index is 5.47. The van der Waals surface area contributed by atoms with E-state index in [2.05, 4.69) is 28.1 Å². The van der Waals surface area contributed by atoms with Gasteiger partial charge in [-0.2, -0.15) is 0 Å². The lowest BCUT2D eigenvalue weighted by atomic mass is 10.1. The summed E-state index contributed by atoms with van der Waals surface area (Å²) in [4.78, 5) is 0. The van der Waals surface area contributed by atoms with Gasteiger partial charge in [-0.25, -0.2) is 0 Å². The first-order chi connectivity index (χ1) is 6.25. The molecule has 0 radical (unpaired) electrons. The molecule has 13 heavy (non-hydrogen) atoms. The summed E-state index contributed by atoms with van der Waals surface area (Å²) in [6.07, 6.45) is 0.144. The van der Waals surface area contributed by atoms with Crippen molar-refractivity contribution in [3.63, 3.8) is 0 Å². The Morgan fingerprint density at radius 2 is 2.08 bits per heavy atom. The van der Waals surface area contributed by atoms with E-state index in [1.807, 2.05) is 12.1 Å². The van der Waals surface area contributed by atoms with E-state index in [0.717, 1.165) is 10.2 Å². The molecule has 2 rings (SSSR count). The van der Waals surface area contributed by atoms with Crippen molar-refractivity contribution in [2.75, 3.05) is 5.75 Å². The van der Waals surface area contributed by atoms with Crippen LogP contribution in [0.25, 0.3) is 0 Å². The number of thiocarbonyl (C=S) groups is 1. The second kappa shape index (κ2) is 3.98. The van der Waals surface area contributed by atoms with Gasteiger partial charge in [-0.05, 0) is 29.9 Å². The smallest absolute Gasteiger partial charge is 0.220 e. The molecule has 4 heteroatoms. The zero-order valence-corrected chi connectivity index (χ0v) is 9.92. The zero-order chi connectivity index (χ0) is 9.26. The predicted molar refractivity (Wildman–Crippen MR) is 63.0 cm³/mol. The average molecular weight is 275 g/mol. The van der Waals surface area contributed by atoms with E-state index in [9.17, 15) is 0 Å². The third kappa shape index (κ3) is 2.24. The average Bonchev–Trinajstić information content (AvgIpc) is 2.53. The second-order valence-electron chi connectivity index (χ2n) is 2.72. The summed E-state index contributed by atoms with van der Waals surface area (Å²) in [5, 5.41) is 0. The third-order valence-electron chi connectivity index (χ3n) is 1.83. The van der Waals surface area contributed by atoms with E-state index < -0.39 is 0 Å². The molecule has 1 heterocycles. The van der Waals surface area contributed by atoms with E-state index in [1.165, 1.54) is 5.56 Å². The molecule has 1 aliphatic heterocycles. The van der Waals surface area contributed by atoms with Gasteiger partial charge in [0.15, 0.2) is 0 Å². The van der Waals surface area contributed by atoms with Crippen molar-refractivity contribution in [2.45, 2.75) is 6.10 Å². The van der Waals surface area contributed by atoms with Gasteiger partial charge in [0, 0.05) is 10.2 Å². The summed E-state index contributed by atoms with van der Waals surface area (Å²) >= 11 is 9.95. The van der Waals surface area contributed by atoms with Crippen LogP contribution < -0.4 is 0 Å². The van der Waals surface area contributed by atoms with Crippen molar-refractivity contribution in [1.29, 1.82) is 0 Å². The van der Waals surface area contributed by atoms with Gasteiger partial charge in [0.25, 0.3) is 0 Å². The molecule has 1 saturated heterocycles. The summed E-state index contributed by atoms with van der Waals surface area (Å²) in [6.45, 7) is 0. The lowest BCUT2D eigenvalue weighted by Crippen LogP contribution is -1.99. The number of ether oxygens (including phenoxy) is 1. The fraction of sp³-hybridized carbons (Fsp3) is 0.222. The van der Waals surface area contributed by atoms with Crippen LogP contribution in [0, 0.1) is 0 Å². The Morgan fingerprint density at radius 1 is 1.38 bits per heavy atom. The number of thioether (sulfide) groups is 1. The topological polar surface area (TPSA) is 9.23 Å². The number of hydrogen-bond acceptors (Lipinski definition) is 3. The fourth-order valence-electron chi connectivity index (χ4n) is 1.17. The van der Waals surface area contributed by atoms with Gasteiger partial charge in [-0.1, -0.05) is 39.8 Å². The van der Waals surface area contributed by atoms with E-state index in [1.54, 1.807) is 11.8 Å². The molecular formula is C9H7BrOS2. The van der Waals surface area contributed by atoms with E-state index in [4.69, 9.17) is 17.0 Å². The minimum Gasteiger partial charge on any atom is -0.469 e. The maximum absolute atomic E-state index is 5.47. The molecule has 1 aromatic rings. The van der Waals surface area contributed by atoms with Gasteiger partial charge in [0.05, 0.1) is 0 Å². The summed E-state index contributed by atoms with van der Waals surface area (Å²) in [5.41, 5.74) is 1.19. The lowest BCUT2D eigenvalue weighted by molar-refractivity contribution is 0.242. The molecule has 1 fully saturated rings. The molecule has 68 valence electrons. The minimum absolute atomic E-state index is 0.144. The Hall–Kier alpha value is -0.0600. The van der Waals surface area contributed by atoms with Crippen LogP contribution in [0.3, 0.4) is 0 Å². The maximum Gasteiger partial charge on any atom is 0.220 e. The normalized spacial score (nSPS) is 21.6. The Balaban J connectivity index is 2.17. The molecule has 0 N–H and O–H groups in total. The summed E-state index contributed by atoms with van der Waals surface area (Å²) in [6, 6.07) is 8.15. The monoisotopic (exact) mass is 274 g/mol. The third-order valence-corrected chi connectivity index (χ3v) is 3.61. The van der Waals surface area contributed by atoms with Crippen LogP contribution in [0.2, 0.25) is 0 Å². The summed E-state index contributed by atoms with van der Waals surface area (Å²) in [5.74, 6) is 0.931. The SMILES string of the molecule is S=C1OC(c2ccc(Br)cc2)CS1. The van der Waals surface area contributed by atoms with Gasteiger partial charge < -0.3 is 4.74 Å². The number of hydrogen-bond donors (Lipinski definition) is 0. The van der Waals surface area contributed by atoms with Crippen LogP contribution in [-0.2, 0) is 4.74 Å². The Morgan fingerprint density at radius 3 is 2.62 bits per heavy atom. The molecule has 0 spiro atoms. The molecule has 0 saturated carbocycles. The highest BCUT2D eigenvalue weighted by atomic mass is 79.9. The van der Waals surface area contributed by atoms with Gasteiger partial charge in [0.1, 0.15) is 6.10 Å². The standard InChI is InChI=1S/C9H7BrOS2/c10-7-3-1-6(2-4-7)8-5-13-9(12)11-8/h1-4,8H,5H2. The van der Waals surface area contributed by atoms with Gasteiger partial charge in [0.2, 0.25) is 4.38 Å². The first-order valence-electron chi connectivity index (χ1n) is 3.84. The summed E-state index contributed by atoms with van der Waals surface area (Å²) < 4.78 is 7.21. The molecule has 0 aromatic heterocycles. The van der Waals surface area contributed by atoms with Crippen LogP contribution in [-0.4, -0.2) is 10.1 Å². The van der Waals surface area contributed by atoms with Crippen LogP contribution in [0.5, 0.6) is 0 Å². The van der Waals surface area contributed by atoms with Crippen molar-refractivity contribution in [3.05, 3.63) is 34.3 Å². The molecule has 1 unspecified atom stereocenters.